The molecule has 0 aliphatic rings. The molecule has 5 nitrogen and oxygen atoms in total. The molecule has 0 bridgehead atoms. The summed E-state index contributed by atoms with van der Waals surface area (Å²) in [6, 6.07) is 12.1. The summed E-state index contributed by atoms with van der Waals surface area (Å²) in [7, 11) is 0. The van der Waals surface area contributed by atoms with E-state index in [4.69, 9.17) is 11.6 Å². The molecule has 2 aromatic carbocycles. The maximum absolute atomic E-state index is 13.3. The third-order valence-corrected chi connectivity index (χ3v) is 4.00. The van der Waals surface area contributed by atoms with E-state index in [0.717, 1.165) is 5.56 Å². The maximum atomic E-state index is 13.3. The van der Waals surface area contributed by atoms with Gasteiger partial charge in [0.25, 0.3) is 5.91 Å². The molecule has 1 N–H and O–H groups in total. The number of carbonyl (C=O) groups excluding carboxylic acids is 1. The molecule has 128 valence electrons. The summed E-state index contributed by atoms with van der Waals surface area (Å²) in [5, 5.41) is 11.3. The first-order chi connectivity index (χ1) is 12.0. The van der Waals surface area contributed by atoms with Gasteiger partial charge in [-0.25, -0.2) is 9.07 Å². The standard InChI is InChI=1S/C18H16ClFN4O/c1-12-10-15(6-7-16(12)20)24-11-17(22-23-24)18(25)21-9-8-13-2-4-14(19)5-3-13/h2-7,10-11H,8-9H2,1H3,(H,21,25). The molecule has 0 fully saturated rings. The fourth-order valence-electron chi connectivity index (χ4n) is 2.33. The van der Waals surface area contributed by atoms with E-state index in [1.807, 2.05) is 24.3 Å². The summed E-state index contributed by atoms with van der Waals surface area (Å²) < 4.78 is 14.8. The van der Waals surface area contributed by atoms with E-state index >= 15 is 0 Å². The predicted molar refractivity (Wildman–Crippen MR) is 93.5 cm³/mol. The number of benzene rings is 2. The quantitative estimate of drug-likeness (QED) is 0.761. The Morgan fingerprint density at radius 3 is 2.72 bits per heavy atom. The van der Waals surface area contributed by atoms with Gasteiger partial charge in [-0.2, -0.15) is 0 Å². The zero-order chi connectivity index (χ0) is 17.8. The zero-order valence-corrected chi connectivity index (χ0v) is 14.3. The third-order valence-electron chi connectivity index (χ3n) is 3.74. The molecule has 0 unspecified atom stereocenters. The number of carbonyl (C=O) groups is 1. The molecule has 0 atom stereocenters. The van der Waals surface area contributed by atoms with Crippen LogP contribution in [0.15, 0.2) is 48.7 Å². The number of nitrogens with zero attached hydrogens (tertiary/aromatic N) is 3. The first-order valence-electron chi connectivity index (χ1n) is 7.74. The Labute approximate surface area is 149 Å². The van der Waals surface area contributed by atoms with Crippen molar-refractivity contribution in [3.05, 3.63) is 76.3 Å². The van der Waals surface area contributed by atoms with Gasteiger partial charge in [-0.05, 0) is 54.8 Å². The summed E-state index contributed by atoms with van der Waals surface area (Å²) in [6.45, 7) is 2.14. The number of halogens is 2. The van der Waals surface area contributed by atoms with Gasteiger partial charge in [0.05, 0.1) is 11.9 Å². The van der Waals surface area contributed by atoms with Crippen molar-refractivity contribution >= 4 is 17.5 Å². The fourth-order valence-corrected chi connectivity index (χ4v) is 2.45. The first kappa shape index (κ1) is 17.1. The Bertz CT molecular complexity index is 892. The topological polar surface area (TPSA) is 59.8 Å². The molecule has 25 heavy (non-hydrogen) atoms. The van der Waals surface area contributed by atoms with E-state index in [1.165, 1.54) is 16.9 Å². The molecule has 0 saturated heterocycles. The van der Waals surface area contributed by atoms with Crippen LogP contribution in [0.2, 0.25) is 5.02 Å². The van der Waals surface area contributed by atoms with Crippen molar-refractivity contribution in [1.82, 2.24) is 20.3 Å². The molecule has 7 heteroatoms. The van der Waals surface area contributed by atoms with Crippen molar-refractivity contribution in [2.75, 3.05) is 6.54 Å². The Balaban J connectivity index is 1.60. The highest BCUT2D eigenvalue weighted by molar-refractivity contribution is 6.30. The average Bonchev–Trinajstić information content (AvgIpc) is 3.09. The van der Waals surface area contributed by atoms with Gasteiger partial charge in [0, 0.05) is 11.6 Å². The Kier molecular flexibility index (Phi) is 5.09. The lowest BCUT2D eigenvalue weighted by Gasteiger charge is -2.04. The van der Waals surface area contributed by atoms with Crippen LogP contribution in [0.4, 0.5) is 4.39 Å². The van der Waals surface area contributed by atoms with Gasteiger partial charge in [-0.1, -0.05) is 28.9 Å². The van der Waals surface area contributed by atoms with Crippen LogP contribution < -0.4 is 5.32 Å². The van der Waals surface area contributed by atoms with Crippen molar-refractivity contribution in [3.63, 3.8) is 0 Å². The highest BCUT2D eigenvalue weighted by atomic mass is 35.5. The van der Waals surface area contributed by atoms with Crippen molar-refractivity contribution in [2.24, 2.45) is 0 Å². The summed E-state index contributed by atoms with van der Waals surface area (Å²) in [5.41, 5.74) is 2.43. The number of hydrogen-bond acceptors (Lipinski definition) is 3. The van der Waals surface area contributed by atoms with E-state index in [9.17, 15) is 9.18 Å². The van der Waals surface area contributed by atoms with Crippen LogP contribution in [0.25, 0.3) is 5.69 Å². The second kappa shape index (κ2) is 7.44. The van der Waals surface area contributed by atoms with Crippen molar-refractivity contribution < 1.29 is 9.18 Å². The molecule has 0 spiro atoms. The zero-order valence-electron chi connectivity index (χ0n) is 13.5. The second-order valence-corrected chi connectivity index (χ2v) is 6.05. The van der Waals surface area contributed by atoms with Gasteiger partial charge in [0.1, 0.15) is 5.82 Å². The van der Waals surface area contributed by atoms with Crippen molar-refractivity contribution in [2.45, 2.75) is 13.3 Å². The molecular weight excluding hydrogens is 343 g/mol. The molecule has 1 amide bonds. The van der Waals surface area contributed by atoms with Crippen LogP contribution in [0.5, 0.6) is 0 Å². The van der Waals surface area contributed by atoms with Crippen molar-refractivity contribution in [1.29, 1.82) is 0 Å². The summed E-state index contributed by atoms with van der Waals surface area (Å²) in [6.07, 6.45) is 2.21. The lowest BCUT2D eigenvalue weighted by molar-refractivity contribution is 0.0949. The molecule has 1 aromatic heterocycles. The van der Waals surface area contributed by atoms with Gasteiger partial charge in [-0.15, -0.1) is 5.10 Å². The monoisotopic (exact) mass is 358 g/mol. The largest absolute Gasteiger partial charge is 0.350 e. The smallest absolute Gasteiger partial charge is 0.273 e. The number of rotatable bonds is 5. The van der Waals surface area contributed by atoms with Gasteiger partial charge >= 0.3 is 0 Å². The summed E-state index contributed by atoms with van der Waals surface area (Å²) >= 11 is 5.84. The van der Waals surface area contributed by atoms with E-state index < -0.39 is 0 Å². The number of aryl methyl sites for hydroxylation is 1. The van der Waals surface area contributed by atoms with Gasteiger partial charge < -0.3 is 5.32 Å². The van der Waals surface area contributed by atoms with Gasteiger partial charge in [0.15, 0.2) is 5.69 Å². The SMILES string of the molecule is Cc1cc(-n2cc(C(=O)NCCc3ccc(Cl)cc3)nn2)ccc1F. The highest BCUT2D eigenvalue weighted by Crippen LogP contribution is 2.13. The molecule has 3 rings (SSSR count). The maximum Gasteiger partial charge on any atom is 0.273 e. The van der Waals surface area contributed by atoms with Crippen molar-refractivity contribution in [3.8, 4) is 5.69 Å². The first-order valence-corrected chi connectivity index (χ1v) is 8.12. The van der Waals surface area contributed by atoms with E-state index in [1.54, 1.807) is 19.1 Å². The minimum Gasteiger partial charge on any atom is -0.350 e. The molecular formula is C18H16ClFN4O. The Hall–Kier alpha value is -2.73. The normalized spacial score (nSPS) is 10.7. The van der Waals surface area contributed by atoms with Crippen LogP contribution in [-0.2, 0) is 6.42 Å². The highest BCUT2D eigenvalue weighted by Gasteiger charge is 2.11. The fraction of sp³-hybridized carbons (Fsp3) is 0.167. The molecule has 0 radical (unpaired) electrons. The molecule has 0 aliphatic heterocycles. The van der Waals surface area contributed by atoms with Crippen LogP contribution in [0.1, 0.15) is 21.6 Å². The second-order valence-electron chi connectivity index (χ2n) is 5.61. The number of hydrogen-bond donors (Lipinski definition) is 1. The average molecular weight is 359 g/mol. The van der Waals surface area contributed by atoms with Gasteiger partial charge in [-0.3, -0.25) is 4.79 Å². The predicted octanol–water partition coefficient (Wildman–Crippen LogP) is 3.34. The number of amides is 1. The lowest BCUT2D eigenvalue weighted by atomic mass is 10.1. The Morgan fingerprint density at radius 2 is 2.00 bits per heavy atom. The van der Waals surface area contributed by atoms with E-state index in [2.05, 4.69) is 15.6 Å². The lowest BCUT2D eigenvalue weighted by Crippen LogP contribution is -2.26. The van der Waals surface area contributed by atoms with Crippen LogP contribution >= 0.6 is 11.6 Å². The summed E-state index contributed by atoms with van der Waals surface area (Å²) in [5.74, 6) is -0.594. The number of aromatic nitrogens is 3. The van der Waals surface area contributed by atoms with Gasteiger partial charge in [0.2, 0.25) is 0 Å². The third kappa shape index (κ3) is 4.22. The summed E-state index contributed by atoms with van der Waals surface area (Å²) in [4.78, 5) is 12.1. The Morgan fingerprint density at radius 1 is 1.24 bits per heavy atom. The molecule has 1 heterocycles. The van der Waals surface area contributed by atoms with Crippen LogP contribution in [0, 0.1) is 12.7 Å². The van der Waals surface area contributed by atoms with Crippen LogP contribution in [0.3, 0.4) is 0 Å². The van der Waals surface area contributed by atoms with E-state index in [-0.39, 0.29) is 17.4 Å². The molecule has 3 aromatic rings. The van der Waals surface area contributed by atoms with Crippen LogP contribution in [-0.4, -0.2) is 27.4 Å². The minimum absolute atomic E-state index is 0.207. The van der Waals surface area contributed by atoms with E-state index in [0.29, 0.717) is 29.2 Å². The number of nitrogens with one attached hydrogen (secondary N) is 1. The molecule has 0 saturated carbocycles. The molecule has 0 aliphatic carbocycles. The minimum atomic E-state index is -0.306.